The summed E-state index contributed by atoms with van der Waals surface area (Å²) in [5.74, 6) is 0.740. The van der Waals surface area contributed by atoms with Crippen LogP contribution in [0.5, 0.6) is 5.75 Å². The lowest BCUT2D eigenvalue weighted by Gasteiger charge is -2.42. The monoisotopic (exact) mass is 440 g/mol. The Kier molecular flexibility index (Phi) is 6.45. The molecule has 2 N–H and O–H groups in total. The second kappa shape index (κ2) is 9.44. The first-order valence-electron chi connectivity index (χ1n) is 10.7. The SMILES string of the molecule is COCCC(=O)Nc1ccc2n(c1=O)C[C@@H]1C[C@@H]2CN(C(=O)Nc2ccc(OC)cc2)C1. The molecule has 0 aliphatic carbocycles. The fourth-order valence-electron chi connectivity index (χ4n) is 4.49. The average molecular weight is 441 g/mol. The first-order valence-corrected chi connectivity index (χ1v) is 10.7. The molecule has 2 aromatic rings. The number of hydrogen-bond donors (Lipinski definition) is 2. The zero-order chi connectivity index (χ0) is 22.7. The van der Waals surface area contributed by atoms with E-state index >= 15 is 0 Å². The number of piperidine rings is 1. The van der Waals surface area contributed by atoms with Crippen molar-refractivity contribution >= 4 is 23.3 Å². The summed E-state index contributed by atoms with van der Waals surface area (Å²) in [7, 11) is 3.13. The summed E-state index contributed by atoms with van der Waals surface area (Å²) in [6.07, 6.45) is 1.13. The van der Waals surface area contributed by atoms with E-state index in [2.05, 4.69) is 10.6 Å². The quantitative estimate of drug-likeness (QED) is 0.719. The van der Waals surface area contributed by atoms with E-state index in [1.54, 1.807) is 42.0 Å². The van der Waals surface area contributed by atoms with Crippen LogP contribution >= 0.6 is 0 Å². The third-order valence-corrected chi connectivity index (χ3v) is 6.04. The van der Waals surface area contributed by atoms with Crippen LogP contribution in [-0.2, 0) is 16.1 Å². The van der Waals surface area contributed by atoms with E-state index in [1.165, 1.54) is 7.11 Å². The van der Waals surface area contributed by atoms with E-state index in [4.69, 9.17) is 9.47 Å². The second-order valence-corrected chi connectivity index (χ2v) is 8.24. The molecular weight excluding hydrogens is 412 g/mol. The Balaban J connectivity index is 1.46. The predicted octanol–water partition coefficient (Wildman–Crippen LogP) is 2.48. The Morgan fingerprint density at radius 1 is 1.03 bits per heavy atom. The zero-order valence-corrected chi connectivity index (χ0v) is 18.3. The highest BCUT2D eigenvalue weighted by molar-refractivity contribution is 5.90. The van der Waals surface area contributed by atoms with Gasteiger partial charge in [0.1, 0.15) is 11.4 Å². The fourth-order valence-corrected chi connectivity index (χ4v) is 4.49. The van der Waals surface area contributed by atoms with E-state index in [1.807, 2.05) is 11.0 Å². The van der Waals surface area contributed by atoms with Gasteiger partial charge in [0.05, 0.1) is 20.1 Å². The summed E-state index contributed by atoms with van der Waals surface area (Å²) in [5, 5.41) is 5.63. The number of fused-ring (bicyclic) bond motifs is 4. The van der Waals surface area contributed by atoms with Gasteiger partial charge in [-0.2, -0.15) is 0 Å². The third kappa shape index (κ3) is 4.62. The minimum atomic E-state index is -0.248. The van der Waals surface area contributed by atoms with Crippen LogP contribution in [0.15, 0.2) is 41.2 Å². The number of nitrogens with one attached hydrogen (secondary N) is 2. The molecule has 3 heterocycles. The van der Waals surface area contributed by atoms with Crippen LogP contribution in [0.3, 0.4) is 0 Å². The van der Waals surface area contributed by atoms with Crippen LogP contribution in [-0.4, -0.2) is 55.3 Å². The van der Waals surface area contributed by atoms with Crippen molar-refractivity contribution in [3.05, 3.63) is 52.4 Å². The third-order valence-electron chi connectivity index (χ3n) is 6.04. The van der Waals surface area contributed by atoms with E-state index in [0.29, 0.717) is 31.9 Å². The number of benzene rings is 1. The number of ether oxygens (including phenoxy) is 2. The summed E-state index contributed by atoms with van der Waals surface area (Å²) < 4.78 is 11.8. The Morgan fingerprint density at radius 3 is 2.53 bits per heavy atom. The lowest BCUT2D eigenvalue weighted by atomic mass is 9.83. The van der Waals surface area contributed by atoms with Crippen LogP contribution in [0.2, 0.25) is 0 Å². The van der Waals surface area contributed by atoms with Gasteiger partial charge in [-0.15, -0.1) is 0 Å². The maximum atomic E-state index is 13.0. The molecule has 32 heavy (non-hydrogen) atoms. The molecule has 1 aromatic heterocycles. The topological polar surface area (TPSA) is 102 Å². The van der Waals surface area contributed by atoms with Crippen LogP contribution in [0.1, 0.15) is 24.5 Å². The van der Waals surface area contributed by atoms with Gasteiger partial charge in [-0.1, -0.05) is 0 Å². The molecule has 2 atom stereocenters. The molecular formula is C23H28N4O5. The molecule has 2 bridgehead atoms. The van der Waals surface area contributed by atoms with Gasteiger partial charge in [0.25, 0.3) is 5.56 Å². The molecule has 0 saturated carbocycles. The minimum Gasteiger partial charge on any atom is -0.497 e. The van der Waals surface area contributed by atoms with Crippen molar-refractivity contribution < 1.29 is 19.1 Å². The van der Waals surface area contributed by atoms with Gasteiger partial charge in [-0.05, 0) is 48.7 Å². The Hall–Kier alpha value is -3.33. The lowest BCUT2D eigenvalue weighted by molar-refractivity contribution is -0.117. The van der Waals surface area contributed by atoms with Crippen molar-refractivity contribution in [3.63, 3.8) is 0 Å². The highest BCUT2D eigenvalue weighted by atomic mass is 16.5. The maximum absolute atomic E-state index is 13.0. The number of pyridine rings is 1. The highest BCUT2D eigenvalue weighted by Crippen LogP contribution is 2.35. The molecule has 9 heteroatoms. The van der Waals surface area contributed by atoms with Gasteiger partial charge in [-0.25, -0.2) is 4.79 Å². The number of amides is 3. The molecule has 3 amide bonds. The number of urea groups is 1. The number of rotatable bonds is 6. The zero-order valence-electron chi connectivity index (χ0n) is 18.3. The van der Waals surface area contributed by atoms with Crippen LogP contribution < -0.4 is 20.9 Å². The highest BCUT2D eigenvalue weighted by Gasteiger charge is 2.36. The molecule has 9 nitrogen and oxygen atoms in total. The number of likely N-dealkylation sites (tertiary alicyclic amines) is 1. The standard InChI is InChI=1S/C23H28N4O5/c1-31-10-9-21(28)25-19-7-8-20-16-11-15(13-27(20)22(19)29)12-26(14-16)23(30)24-17-3-5-18(32-2)6-4-17/h3-8,15-16H,9-14H2,1-2H3,(H,24,30)(H,25,28)/t15-,16-/m1/s1. The molecule has 0 radical (unpaired) electrons. The van der Waals surface area contributed by atoms with E-state index in [9.17, 15) is 14.4 Å². The van der Waals surface area contributed by atoms with E-state index in [0.717, 1.165) is 17.9 Å². The smallest absolute Gasteiger partial charge is 0.321 e. The molecule has 2 aliphatic rings. The molecule has 170 valence electrons. The van der Waals surface area contributed by atoms with Crippen molar-refractivity contribution in [1.82, 2.24) is 9.47 Å². The van der Waals surface area contributed by atoms with Crippen molar-refractivity contribution in [2.75, 3.05) is 44.5 Å². The van der Waals surface area contributed by atoms with Gasteiger partial charge in [0, 0.05) is 44.0 Å². The molecule has 1 fully saturated rings. The fraction of sp³-hybridized carbons (Fsp3) is 0.435. The number of nitrogens with zero attached hydrogens (tertiary/aromatic N) is 2. The Morgan fingerprint density at radius 2 is 1.81 bits per heavy atom. The van der Waals surface area contributed by atoms with Crippen molar-refractivity contribution in [3.8, 4) is 5.75 Å². The number of hydrogen-bond acceptors (Lipinski definition) is 5. The van der Waals surface area contributed by atoms with Crippen LogP contribution in [0.25, 0.3) is 0 Å². The molecule has 0 unspecified atom stereocenters. The van der Waals surface area contributed by atoms with Crippen molar-refractivity contribution in [1.29, 1.82) is 0 Å². The van der Waals surface area contributed by atoms with E-state index < -0.39 is 0 Å². The Labute approximate surface area is 186 Å². The summed E-state index contributed by atoms with van der Waals surface area (Å²) in [6, 6.07) is 10.6. The Bertz CT molecular complexity index is 1050. The normalized spacial score (nSPS) is 19.1. The molecule has 1 aromatic carbocycles. The predicted molar refractivity (Wildman–Crippen MR) is 120 cm³/mol. The summed E-state index contributed by atoms with van der Waals surface area (Å²) in [6.45, 7) is 1.95. The summed E-state index contributed by atoms with van der Waals surface area (Å²) in [4.78, 5) is 39.6. The number of carbonyl (C=O) groups excluding carboxylic acids is 2. The van der Waals surface area contributed by atoms with Gasteiger partial charge in [0.15, 0.2) is 0 Å². The van der Waals surface area contributed by atoms with Gasteiger partial charge < -0.3 is 29.6 Å². The largest absolute Gasteiger partial charge is 0.497 e. The van der Waals surface area contributed by atoms with Gasteiger partial charge >= 0.3 is 6.03 Å². The molecule has 4 rings (SSSR count). The summed E-state index contributed by atoms with van der Waals surface area (Å²) >= 11 is 0. The second-order valence-electron chi connectivity index (χ2n) is 8.24. The van der Waals surface area contributed by atoms with E-state index in [-0.39, 0.29) is 41.4 Å². The van der Waals surface area contributed by atoms with Gasteiger partial charge in [-0.3, -0.25) is 9.59 Å². The minimum absolute atomic E-state index is 0.0788. The number of methoxy groups -OCH3 is 2. The lowest BCUT2D eigenvalue weighted by Crippen LogP contribution is -2.50. The first-order chi connectivity index (χ1) is 15.5. The average Bonchev–Trinajstić information content (AvgIpc) is 2.80. The maximum Gasteiger partial charge on any atom is 0.321 e. The number of aromatic nitrogens is 1. The molecule has 1 saturated heterocycles. The van der Waals surface area contributed by atoms with Crippen LogP contribution in [0.4, 0.5) is 16.2 Å². The summed E-state index contributed by atoms with van der Waals surface area (Å²) in [5.41, 5.74) is 1.70. The van der Waals surface area contributed by atoms with Crippen molar-refractivity contribution in [2.24, 2.45) is 5.92 Å². The van der Waals surface area contributed by atoms with Gasteiger partial charge in [0.2, 0.25) is 5.91 Å². The van der Waals surface area contributed by atoms with Crippen LogP contribution in [0, 0.1) is 5.92 Å². The molecule has 2 aliphatic heterocycles. The van der Waals surface area contributed by atoms with Crippen molar-refractivity contribution in [2.45, 2.75) is 25.3 Å². The number of anilines is 2. The first kappa shape index (κ1) is 21.9. The number of carbonyl (C=O) groups is 2. The molecule has 0 spiro atoms.